The summed E-state index contributed by atoms with van der Waals surface area (Å²) >= 11 is 2.28. The maximum atomic E-state index is 12.6. The predicted molar refractivity (Wildman–Crippen MR) is 102 cm³/mol. The molecule has 0 saturated heterocycles. The van der Waals surface area contributed by atoms with Crippen molar-refractivity contribution in [3.63, 3.8) is 0 Å². The lowest BCUT2D eigenvalue weighted by molar-refractivity contribution is -0.173. The zero-order chi connectivity index (χ0) is 17.1. The number of hydrogen-bond donors (Lipinski definition) is 0. The maximum absolute atomic E-state index is 12.6. The zero-order valence-electron chi connectivity index (χ0n) is 13.6. The van der Waals surface area contributed by atoms with Crippen molar-refractivity contribution in [1.82, 2.24) is 0 Å². The van der Waals surface area contributed by atoms with Gasteiger partial charge in [-0.1, -0.05) is 58.6 Å². The molecule has 0 N–H and O–H groups in total. The summed E-state index contributed by atoms with van der Waals surface area (Å²) in [6.45, 7) is 4.03. The van der Waals surface area contributed by atoms with Crippen molar-refractivity contribution in [1.29, 1.82) is 0 Å². The minimum atomic E-state index is -1.19. The standard InChI is InChI=1S/C17H24IO4P/c1-3-21-15(19)17(12-13-23-18,16(20)22-4-2)11-10-14-8-6-5-7-9-14/h5-9,23H,3-4,10-13H2,1-2H3. The summed E-state index contributed by atoms with van der Waals surface area (Å²) in [7, 11) is 0. The second kappa shape index (κ2) is 11.0. The van der Waals surface area contributed by atoms with Crippen molar-refractivity contribution in [2.75, 3.05) is 19.4 Å². The van der Waals surface area contributed by atoms with Gasteiger partial charge >= 0.3 is 11.9 Å². The van der Waals surface area contributed by atoms with Crippen molar-refractivity contribution in [2.45, 2.75) is 33.1 Å². The van der Waals surface area contributed by atoms with Crippen LogP contribution in [0.1, 0.15) is 32.3 Å². The first-order valence-electron chi connectivity index (χ1n) is 7.82. The number of aryl methyl sites for hydroxylation is 1. The van der Waals surface area contributed by atoms with Gasteiger partial charge in [0.2, 0.25) is 0 Å². The molecule has 0 amide bonds. The van der Waals surface area contributed by atoms with Crippen molar-refractivity contribution < 1.29 is 19.1 Å². The molecule has 0 aromatic heterocycles. The van der Waals surface area contributed by atoms with E-state index in [1.165, 1.54) is 0 Å². The van der Waals surface area contributed by atoms with Gasteiger partial charge in [-0.05, 0) is 44.8 Å². The van der Waals surface area contributed by atoms with E-state index in [4.69, 9.17) is 9.47 Å². The second-order valence-corrected chi connectivity index (χ2v) is 8.20. The van der Waals surface area contributed by atoms with Crippen LogP contribution in [0, 0.1) is 5.41 Å². The quantitative estimate of drug-likeness (QED) is 0.233. The Morgan fingerprint density at radius 3 is 2.09 bits per heavy atom. The van der Waals surface area contributed by atoms with E-state index in [-0.39, 0.29) is 13.2 Å². The molecule has 0 aliphatic carbocycles. The van der Waals surface area contributed by atoms with Crippen LogP contribution < -0.4 is 0 Å². The Morgan fingerprint density at radius 2 is 1.61 bits per heavy atom. The first-order chi connectivity index (χ1) is 11.1. The largest absolute Gasteiger partial charge is 0.465 e. The summed E-state index contributed by atoms with van der Waals surface area (Å²) < 4.78 is 10.4. The molecule has 0 aliphatic heterocycles. The zero-order valence-corrected chi connectivity index (χ0v) is 16.8. The molecule has 1 rings (SSSR count). The number of rotatable bonds is 10. The third-order valence-electron chi connectivity index (χ3n) is 3.66. The van der Waals surface area contributed by atoms with E-state index in [1.807, 2.05) is 30.3 Å². The summed E-state index contributed by atoms with van der Waals surface area (Å²) in [4.78, 5) is 25.2. The fourth-order valence-corrected chi connectivity index (χ4v) is 3.75. The SMILES string of the molecule is CCOC(=O)C(CCPI)(CCc1ccccc1)C(=O)OCC. The lowest BCUT2D eigenvalue weighted by Gasteiger charge is -2.29. The Balaban J connectivity index is 3.02. The molecule has 1 aromatic carbocycles. The average molecular weight is 450 g/mol. The topological polar surface area (TPSA) is 52.6 Å². The second-order valence-electron chi connectivity index (χ2n) is 5.14. The molecule has 6 heteroatoms. The molecular weight excluding hydrogens is 426 g/mol. The summed E-state index contributed by atoms with van der Waals surface area (Å²) in [5.41, 5.74) is -0.0950. The molecule has 1 aromatic rings. The Morgan fingerprint density at radius 1 is 1.04 bits per heavy atom. The molecule has 0 aliphatic rings. The summed E-state index contributed by atoms with van der Waals surface area (Å²) in [5.74, 6) is -0.909. The first-order valence-corrected chi connectivity index (χ1v) is 12.1. The molecule has 0 bridgehead atoms. The van der Waals surface area contributed by atoms with Crippen molar-refractivity contribution in [3.8, 4) is 0 Å². The monoisotopic (exact) mass is 450 g/mol. The molecule has 0 spiro atoms. The van der Waals surface area contributed by atoms with Crippen molar-refractivity contribution in [3.05, 3.63) is 35.9 Å². The van der Waals surface area contributed by atoms with Gasteiger partial charge in [0, 0.05) is 0 Å². The van der Waals surface area contributed by atoms with Gasteiger partial charge in [-0.15, -0.1) is 0 Å². The third-order valence-corrected chi connectivity index (χ3v) is 5.72. The van der Waals surface area contributed by atoms with Crippen LogP contribution in [0.5, 0.6) is 0 Å². The Kier molecular flexibility index (Phi) is 9.72. The van der Waals surface area contributed by atoms with Gasteiger partial charge in [0.1, 0.15) is 0 Å². The van der Waals surface area contributed by atoms with Gasteiger partial charge in [0.15, 0.2) is 5.41 Å². The Labute approximate surface area is 153 Å². The van der Waals surface area contributed by atoms with Crippen LogP contribution in [0.2, 0.25) is 0 Å². The molecule has 1 unspecified atom stereocenters. The van der Waals surface area contributed by atoms with Gasteiger partial charge in [0.05, 0.1) is 13.2 Å². The number of carbonyl (C=O) groups excluding carboxylic acids is 2. The summed E-state index contributed by atoms with van der Waals surface area (Å²) in [6, 6.07) is 9.86. The van der Waals surface area contributed by atoms with Gasteiger partial charge < -0.3 is 9.47 Å². The molecular formula is C17H24IO4P. The van der Waals surface area contributed by atoms with Crippen LogP contribution in [0.4, 0.5) is 0 Å². The Hall–Kier alpha value is -0.680. The molecule has 128 valence electrons. The minimum Gasteiger partial charge on any atom is -0.465 e. The van der Waals surface area contributed by atoms with Crippen LogP contribution in [0.25, 0.3) is 0 Å². The van der Waals surface area contributed by atoms with Crippen LogP contribution >= 0.6 is 28.3 Å². The smallest absolute Gasteiger partial charge is 0.323 e. The molecule has 4 nitrogen and oxygen atoms in total. The maximum Gasteiger partial charge on any atom is 0.323 e. The van der Waals surface area contributed by atoms with E-state index in [1.54, 1.807) is 13.8 Å². The van der Waals surface area contributed by atoms with Crippen molar-refractivity contribution in [2.24, 2.45) is 5.41 Å². The highest BCUT2D eigenvalue weighted by Gasteiger charge is 2.47. The molecule has 0 radical (unpaired) electrons. The van der Waals surface area contributed by atoms with Gasteiger partial charge in [0.25, 0.3) is 0 Å². The highest BCUT2D eigenvalue weighted by atomic mass is 127. The highest BCUT2D eigenvalue weighted by Crippen LogP contribution is 2.36. The summed E-state index contributed by atoms with van der Waals surface area (Å²) in [6.07, 6.45) is 2.97. The van der Waals surface area contributed by atoms with E-state index in [0.29, 0.717) is 25.5 Å². The molecule has 1 atom stereocenters. The minimum absolute atomic E-state index is 0.262. The van der Waals surface area contributed by atoms with E-state index < -0.39 is 17.4 Å². The summed E-state index contributed by atoms with van der Waals surface area (Å²) in [5, 5.41) is 0. The molecule has 0 fully saturated rings. The van der Waals surface area contributed by atoms with E-state index >= 15 is 0 Å². The van der Waals surface area contributed by atoms with Gasteiger partial charge in [-0.2, -0.15) is 0 Å². The number of ether oxygens (including phenoxy) is 2. The number of esters is 2. The van der Waals surface area contributed by atoms with Crippen LogP contribution in [-0.2, 0) is 25.5 Å². The predicted octanol–water partition coefficient (Wildman–Crippen LogP) is 4.15. The molecule has 0 heterocycles. The van der Waals surface area contributed by atoms with Crippen molar-refractivity contribution >= 4 is 40.2 Å². The van der Waals surface area contributed by atoms with Gasteiger partial charge in [-0.25, -0.2) is 0 Å². The normalized spacial score (nSPS) is 11.6. The number of hydrogen-bond acceptors (Lipinski definition) is 4. The van der Waals surface area contributed by atoms with E-state index in [0.717, 1.165) is 11.7 Å². The molecule has 23 heavy (non-hydrogen) atoms. The van der Waals surface area contributed by atoms with E-state index in [9.17, 15) is 9.59 Å². The number of carbonyl (C=O) groups is 2. The lowest BCUT2D eigenvalue weighted by Crippen LogP contribution is -2.43. The highest BCUT2D eigenvalue weighted by molar-refractivity contribution is 14.2. The first kappa shape index (κ1) is 20.4. The average Bonchev–Trinajstić information content (AvgIpc) is 2.56. The fraction of sp³-hybridized carbons (Fsp3) is 0.529. The third kappa shape index (κ3) is 6.03. The lowest BCUT2D eigenvalue weighted by atomic mass is 9.79. The van der Waals surface area contributed by atoms with Crippen LogP contribution in [-0.4, -0.2) is 31.3 Å². The number of halogens is 1. The van der Waals surface area contributed by atoms with E-state index in [2.05, 4.69) is 22.0 Å². The van der Waals surface area contributed by atoms with Crippen LogP contribution in [0.15, 0.2) is 30.3 Å². The molecule has 0 saturated carbocycles. The Bertz CT molecular complexity index is 475. The van der Waals surface area contributed by atoms with Crippen LogP contribution in [0.3, 0.4) is 0 Å². The number of benzene rings is 1. The van der Waals surface area contributed by atoms with Gasteiger partial charge in [-0.3, -0.25) is 9.59 Å². The fourth-order valence-electron chi connectivity index (χ4n) is 2.42.